The van der Waals surface area contributed by atoms with E-state index in [1.807, 2.05) is 0 Å². The summed E-state index contributed by atoms with van der Waals surface area (Å²) >= 11 is 0. The molecule has 2 aliphatic rings. The Hall–Kier alpha value is 0. The van der Waals surface area contributed by atoms with Gasteiger partial charge >= 0.3 is 0 Å². The third-order valence-corrected chi connectivity index (χ3v) is 4.89. The molecule has 2 aliphatic carbocycles. The van der Waals surface area contributed by atoms with Crippen LogP contribution < -0.4 is 0 Å². The molecule has 0 spiro atoms. The molecule has 0 radical (unpaired) electrons. The minimum Gasteiger partial charge on any atom is -0.0591 e. The van der Waals surface area contributed by atoms with E-state index >= 15 is 0 Å². The standard InChI is InChI=1S/C12H22/c1-11-7-5-3-4-6-8-12(11,2)10-9-11/h3-10H2,1-2H3. The van der Waals surface area contributed by atoms with Crippen LogP contribution in [-0.4, -0.2) is 0 Å². The normalized spacial score (nSPS) is 48.5. The molecule has 0 heteroatoms. The van der Waals surface area contributed by atoms with E-state index in [2.05, 4.69) is 13.8 Å². The van der Waals surface area contributed by atoms with Gasteiger partial charge in [0.05, 0.1) is 0 Å². The first-order valence-electron chi connectivity index (χ1n) is 5.66. The SMILES string of the molecule is CC12CCCCCCC1(C)CC2. The van der Waals surface area contributed by atoms with E-state index in [0.29, 0.717) is 0 Å². The van der Waals surface area contributed by atoms with E-state index in [9.17, 15) is 0 Å². The zero-order chi connectivity index (χ0) is 8.66. The quantitative estimate of drug-likeness (QED) is 0.507. The van der Waals surface area contributed by atoms with Gasteiger partial charge in [0.25, 0.3) is 0 Å². The Morgan fingerprint density at radius 3 is 1.33 bits per heavy atom. The van der Waals surface area contributed by atoms with Crippen LogP contribution in [0, 0.1) is 10.8 Å². The minimum absolute atomic E-state index is 0.730. The van der Waals surface area contributed by atoms with Gasteiger partial charge in [0.2, 0.25) is 0 Å². The summed E-state index contributed by atoms with van der Waals surface area (Å²) in [5.74, 6) is 0. The lowest BCUT2D eigenvalue weighted by atomic mass is 9.47. The average Bonchev–Trinajstić information content (AvgIpc) is 2.07. The molecule has 0 saturated heterocycles. The summed E-state index contributed by atoms with van der Waals surface area (Å²) in [6.45, 7) is 5.06. The van der Waals surface area contributed by atoms with Gasteiger partial charge in [-0.25, -0.2) is 0 Å². The van der Waals surface area contributed by atoms with Crippen LogP contribution in [0.1, 0.15) is 65.2 Å². The van der Waals surface area contributed by atoms with Gasteiger partial charge in [-0.2, -0.15) is 0 Å². The summed E-state index contributed by atoms with van der Waals surface area (Å²) in [6, 6.07) is 0. The zero-order valence-electron chi connectivity index (χ0n) is 8.66. The maximum Gasteiger partial charge on any atom is -0.0272 e. The monoisotopic (exact) mass is 166 g/mol. The van der Waals surface area contributed by atoms with Crippen molar-refractivity contribution < 1.29 is 0 Å². The smallest absolute Gasteiger partial charge is 0.0272 e. The first-order chi connectivity index (χ1) is 5.66. The summed E-state index contributed by atoms with van der Waals surface area (Å²) in [7, 11) is 0. The van der Waals surface area contributed by atoms with Gasteiger partial charge in [-0.15, -0.1) is 0 Å². The van der Waals surface area contributed by atoms with Crippen molar-refractivity contribution in [3.8, 4) is 0 Å². The van der Waals surface area contributed by atoms with Gasteiger partial charge in [0, 0.05) is 0 Å². The van der Waals surface area contributed by atoms with Crippen molar-refractivity contribution in [1.82, 2.24) is 0 Å². The molecule has 0 bridgehead atoms. The van der Waals surface area contributed by atoms with E-state index in [4.69, 9.17) is 0 Å². The highest BCUT2D eigenvalue weighted by Gasteiger charge is 2.51. The van der Waals surface area contributed by atoms with Crippen LogP contribution in [0.2, 0.25) is 0 Å². The van der Waals surface area contributed by atoms with Gasteiger partial charge in [0.15, 0.2) is 0 Å². The molecule has 2 saturated carbocycles. The Kier molecular flexibility index (Phi) is 1.97. The number of rotatable bonds is 0. The molecule has 70 valence electrons. The molecule has 2 atom stereocenters. The van der Waals surface area contributed by atoms with Crippen molar-refractivity contribution in [3.63, 3.8) is 0 Å². The van der Waals surface area contributed by atoms with Gasteiger partial charge in [-0.1, -0.05) is 39.5 Å². The fourth-order valence-corrected chi connectivity index (χ4v) is 3.22. The second-order valence-corrected chi connectivity index (χ2v) is 5.54. The van der Waals surface area contributed by atoms with Crippen molar-refractivity contribution in [2.24, 2.45) is 10.8 Å². The van der Waals surface area contributed by atoms with Crippen LogP contribution in [0.4, 0.5) is 0 Å². The molecule has 2 unspecified atom stereocenters. The Bertz CT molecular complexity index is 153. The first kappa shape index (κ1) is 8.59. The molecule has 0 aromatic carbocycles. The number of fused-ring (bicyclic) bond motifs is 1. The van der Waals surface area contributed by atoms with Gasteiger partial charge < -0.3 is 0 Å². The maximum absolute atomic E-state index is 2.53. The molecule has 2 fully saturated rings. The topological polar surface area (TPSA) is 0 Å². The average molecular weight is 166 g/mol. The van der Waals surface area contributed by atoms with Crippen LogP contribution in [0.3, 0.4) is 0 Å². The fraction of sp³-hybridized carbons (Fsp3) is 1.00. The predicted octanol–water partition coefficient (Wildman–Crippen LogP) is 4.15. The summed E-state index contributed by atoms with van der Waals surface area (Å²) in [6.07, 6.45) is 12.0. The predicted molar refractivity (Wildman–Crippen MR) is 53.2 cm³/mol. The zero-order valence-corrected chi connectivity index (χ0v) is 8.66. The molecule has 0 aromatic rings. The summed E-state index contributed by atoms with van der Waals surface area (Å²) in [5, 5.41) is 0. The van der Waals surface area contributed by atoms with Crippen molar-refractivity contribution >= 4 is 0 Å². The molecule has 0 aliphatic heterocycles. The lowest BCUT2D eigenvalue weighted by Gasteiger charge is -2.58. The highest BCUT2D eigenvalue weighted by molar-refractivity contribution is 5.01. The Morgan fingerprint density at radius 1 is 0.583 bits per heavy atom. The van der Waals surface area contributed by atoms with Crippen LogP contribution in [0.5, 0.6) is 0 Å². The second kappa shape index (κ2) is 2.75. The second-order valence-electron chi connectivity index (χ2n) is 5.54. The lowest BCUT2D eigenvalue weighted by molar-refractivity contribution is -0.0725. The highest BCUT2D eigenvalue weighted by Crippen LogP contribution is 2.62. The van der Waals surface area contributed by atoms with Crippen molar-refractivity contribution in [2.45, 2.75) is 65.2 Å². The molecule has 2 rings (SSSR count). The number of hydrogen-bond acceptors (Lipinski definition) is 0. The Morgan fingerprint density at radius 2 is 1.00 bits per heavy atom. The van der Waals surface area contributed by atoms with E-state index in [1.165, 1.54) is 51.4 Å². The summed E-state index contributed by atoms with van der Waals surface area (Å²) in [5.41, 5.74) is 1.46. The fourth-order valence-electron chi connectivity index (χ4n) is 3.22. The van der Waals surface area contributed by atoms with Crippen molar-refractivity contribution in [1.29, 1.82) is 0 Å². The van der Waals surface area contributed by atoms with Crippen molar-refractivity contribution in [3.05, 3.63) is 0 Å². The van der Waals surface area contributed by atoms with Crippen LogP contribution in [0.25, 0.3) is 0 Å². The molecule has 0 nitrogen and oxygen atoms in total. The third-order valence-electron chi connectivity index (χ3n) is 4.89. The molecule has 0 N–H and O–H groups in total. The third kappa shape index (κ3) is 1.11. The maximum atomic E-state index is 2.53. The minimum atomic E-state index is 0.730. The molecule has 0 heterocycles. The number of hydrogen-bond donors (Lipinski definition) is 0. The molecule has 0 aromatic heterocycles. The summed E-state index contributed by atoms with van der Waals surface area (Å²) in [4.78, 5) is 0. The van der Waals surface area contributed by atoms with Crippen LogP contribution in [-0.2, 0) is 0 Å². The molecule has 0 amide bonds. The van der Waals surface area contributed by atoms with Gasteiger partial charge in [-0.05, 0) is 36.5 Å². The van der Waals surface area contributed by atoms with E-state index in [1.54, 1.807) is 0 Å². The molecular weight excluding hydrogens is 144 g/mol. The Labute approximate surface area is 76.7 Å². The van der Waals surface area contributed by atoms with Gasteiger partial charge in [0.1, 0.15) is 0 Å². The van der Waals surface area contributed by atoms with E-state index in [0.717, 1.165) is 10.8 Å². The van der Waals surface area contributed by atoms with Gasteiger partial charge in [-0.3, -0.25) is 0 Å². The molecule has 12 heavy (non-hydrogen) atoms. The highest BCUT2D eigenvalue weighted by atomic mass is 14.6. The Balaban J connectivity index is 2.08. The molecular formula is C12H22. The largest absolute Gasteiger partial charge is 0.0591 e. The first-order valence-corrected chi connectivity index (χ1v) is 5.66. The van der Waals surface area contributed by atoms with Crippen molar-refractivity contribution in [2.75, 3.05) is 0 Å². The lowest BCUT2D eigenvalue weighted by Crippen LogP contribution is -2.47. The van der Waals surface area contributed by atoms with E-state index < -0.39 is 0 Å². The summed E-state index contributed by atoms with van der Waals surface area (Å²) < 4.78 is 0. The van der Waals surface area contributed by atoms with Crippen LogP contribution >= 0.6 is 0 Å². The van der Waals surface area contributed by atoms with Crippen LogP contribution in [0.15, 0.2) is 0 Å². The van der Waals surface area contributed by atoms with E-state index in [-0.39, 0.29) is 0 Å².